The van der Waals surface area contributed by atoms with Crippen molar-refractivity contribution in [1.29, 1.82) is 5.41 Å². The van der Waals surface area contributed by atoms with Gasteiger partial charge < -0.3 is 25.6 Å². The lowest BCUT2D eigenvalue weighted by Gasteiger charge is -2.31. The van der Waals surface area contributed by atoms with Crippen LogP contribution in [0, 0.1) is 11.3 Å². The van der Waals surface area contributed by atoms with Crippen LogP contribution in [0.5, 0.6) is 0 Å². The molecule has 2 aromatic rings. The Morgan fingerprint density at radius 1 is 1.16 bits per heavy atom. The third-order valence-electron chi connectivity index (χ3n) is 7.28. The van der Waals surface area contributed by atoms with Crippen LogP contribution in [-0.4, -0.2) is 66.3 Å². The summed E-state index contributed by atoms with van der Waals surface area (Å²) in [6, 6.07) is 15.4. The van der Waals surface area contributed by atoms with Crippen LogP contribution in [0.4, 0.5) is 4.79 Å². The van der Waals surface area contributed by atoms with Gasteiger partial charge in [-0.25, -0.2) is 4.79 Å². The van der Waals surface area contributed by atoms with E-state index in [2.05, 4.69) is 17.4 Å². The molecule has 2 heterocycles. The van der Waals surface area contributed by atoms with Crippen molar-refractivity contribution in [2.24, 2.45) is 11.7 Å². The monoisotopic (exact) mass is 505 g/mol. The maximum absolute atomic E-state index is 13.1. The number of carbonyl (C=O) groups is 3. The Morgan fingerprint density at radius 2 is 1.95 bits per heavy atom. The molecular formula is C28H35N5O4. The first-order chi connectivity index (χ1) is 17.9. The second-order valence-electron chi connectivity index (χ2n) is 9.74. The van der Waals surface area contributed by atoms with Gasteiger partial charge in [0.2, 0.25) is 5.91 Å². The molecule has 0 aromatic heterocycles. The van der Waals surface area contributed by atoms with E-state index in [9.17, 15) is 14.4 Å². The summed E-state index contributed by atoms with van der Waals surface area (Å²) in [5.74, 6) is -0.882. The van der Waals surface area contributed by atoms with Crippen molar-refractivity contribution in [3.63, 3.8) is 0 Å². The highest BCUT2D eigenvalue weighted by atomic mass is 16.5. The molecule has 2 aliphatic rings. The Kier molecular flexibility index (Phi) is 8.43. The van der Waals surface area contributed by atoms with Gasteiger partial charge in [0.15, 0.2) is 0 Å². The number of benzene rings is 2. The molecule has 0 aliphatic carbocycles. The summed E-state index contributed by atoms with van der Waals surface area (Å²) < 4.78 is 4.79. The molecule has 37 heavy (non-hydrogen) atoms. The molecule has 2 aliphatic heterocycles. The molecule has 4 N–H and O–H groups in total. The Hall–Kier alpha value is -3.88. The van der Waals surface area contributed by atoms with Crippen molar-refractivity contribution in [3.8, 4) is 0 Å². The van der Waals surface area contributed by atoms with Crippen molar-refractivity contribution in [3.05, 3.63) is 70.8 Å². The summed E-state index contributed by atoms with van der Waals surface area (Å²) in [5, 5.41) is 10.7. The molecule has 3 amide bonds. The van der Waals surface area contributed by atoms with Gasteiger partial charge in [-0.2, -0.15) is 0 Å². The van der Waals surface area contributed by atoms with Crippen molar-refractivity contribution < 1.29 is 19.1 Å². The van der Waals surface area contributed by atoms with Crippen LogP contribution in [0.3, 0.4) is 0 Å². The number of nitrogens with two attached hydrogens (primary N) is 1. The minimum absolute atomic E-state index is 0.00383. The molecule has 9 nitrogen and oxygen atoms in total. The number of amides is 3. The van der Waals surface area contributed by atoms with E-state index in [1.165, 1.54) is 12.7 Å². The van der Waals surface area contributed by atoms with E-state index in [1.807, 2.05) is 41.3 Å². The van der Waals surface area contributed by atoms with Crippen molar-refractivity contribution in [2.75, 3.05) is 26.7 Å². The number of urea groups is 1. The molecule has 2 atom stereocenters. The zero-order valence-electron chi connectivity index (χ0n) is 21.2. The van der Waals surface area contributed by atoms with Gasteiger partial charge in [-0.15, -0.1) is 0 Å². The first-order valence-corrected chi connectivity index (χ1v) is 12.8. The molecule has 0 saturated carbocycles. The topological polar surface area (TPSA) is 129 Å². The van der Waals surface area contributed by atoms with Crippen LogP contribution >= 0.6 is 0 Å². The number of nitrogens with one attached hydrogen (secondary N) is 2. The minimum Gasteiger partial charge on any atom is -0.469 e. The fourth-order valence-electron chi connectivity index (χ4n) is 5.23. The number of methoxy groups -OCH3 is 1. The van der Waals surface area contributed by atoms with E-state index in [-0.39, 0.29) is 30.2 Å². The summed E-state index contributed by atoms with van der Waals surface area (Å²) in [6.45, 7) is 1.92. The summed E-state index contributed by atoms with van der Waals surface area (Å²) in [7, 11) is 1.33. The number of rotatable bonds is 9. The largest absolute Gasteiger partial charge is 0.469 e. The van der Waals surface area contributed by atoms with E-state index in [4.69, 9.17) is 15.9 Å². The van der Waals surface area contributed by atoms with E-state index >= 15 is 0 Å². The number of likely N-dealkylation sites (tertiary alicyclic amines) is 1. The summed E-state index contributed by atoms with van der Waals surface area (Å²) in [6.07, 6.45) is 2.93. The van der Waals surface area contributed by atoms with Gasteiger partial charge in [0.25, 0.3) is 0 Å². The van der Waals surface area contributed by atoms with Gasteiger partial charge >= 0.3 is 12.0 Å². The second kappa shape index (κ2) is 11.9. The molecule has 0 spiro atoms. The molecule has 0 radical (unpaired) electrons. The quantitative estimate of drug-likeness (QED) is 0.274. The molecule has 196 valence electrons. The highest BCUT2D eigenvalue weighted by Gasteiger charge is 2.40. The highest BCUT2D eigenvalue weighted by molar-refractivity contribution is 5.95. The van der Waals surface area contributed by atoms with Gasteiger partial charge in [-0.05, 0) is 48.4 Å². The SMILES string of the molecule is COC(=O)C[C@@H]1C[C@@H](CNC(=O)N2CCc3ccc(C(=N)N)cc3C2)N(CCCc2ccccc2)C1=O. The van der Waals surface area contributed by atoms with E-state index < -0.39 is 11.9 Å². The van der Waals surface area contributed by atoms with Crippen LogP contribution < -0.4 is 11.1 Å². The Labute approximate surface area is 217 Å². The van der Waals surface area contributed by atoms with Gasteiger partial charge in [-0.1, -0.05) is 42.5 Å². The fraction of sp³-hybridized carbons (Fsp3) is 0.429. The number of ether oxygens (including phenoxy) is 1. The molecule has 1 fully saturated rings. The first kappa shape index (κ1) is 26.2. The van der Waals surface area contributed by atoms with Crippen LogP contribution in [0.25, 0.3) is 0 Å². The molecule has 0 unspecified atom stereocenters. The maximum atomic E-state index is 13.1. The molecule has 4 rings (SSSR count). The van der Waals surface area contributed by atoms with E-state index in [1.54, 1.807) is 4.90 Å². The van der Waals surface area contributed by atoms with Crippen molar-refractivity contribution in [1.82, 2.24) is 15.1 Å². The standard InChI is InChI=1S/C28H35N5O4/c1-37-25(34)16-22-15-24(33(27(22)35)12-5-8-19-6-3-2-4-7-19)17-31-28(36)32-13-11-20-9-10-21(26(29)30)14-23(20)18-32/h2-4,6-7,9-10,14,22,24H,5,8,11-13,15-18H2,1H3,(H3,29,30)(H,31,36)/t22-,24-/m0/s1. The number of nitrogens with zero attached hydrogens (tertiary/aromatic N) is 2. The normalized spacial score (nSPS) is 18.9. The average molecular weight is 506 g/mol. The predicted molar refractivity (Wildman–Crippen MR) is 140 cm³/mol. The van der Waals surface area contributed by atoms with Gasteiger partial charge in [0, 0.05) is 37.8 Å². The minimum atomic E-state index is -0.432. The molecule has 0 bridgehead atoms. The molecule has 2 aromatic carbocycles. The number of hydrogen-bond donors (Lipinski definition) is 3. The lowest BCUT2D eigenvalue weighted by atomic mass is 9.97. The van der Waals surface area contributed by atoms with E-state index in [0.717, 1.165) is 30.4 Å². The summed E-state index contributed by atoms with van der Waals surface area (Å²) >= 11 is 0. The third-order valence-corrected chi connectivity index (χ3v) is 7.28. The van der Waals surface area contributed by atoms with Crippen LogP contribution in [0.1, 0.15) is 41.5 Å². The zero-order valence-corrected chi connectivity index (χ0v) is 21.2. The predicted octanol–water partition coefficient (Wildman–Crippen LogP) is 2.45. The number of fused-ring (bicyclic) bond motifs is 1. The summed E-state index contributed by atoms with van der Waals surface area (Å²) in [4.78, 5) is 41.6. The summed E-state index contributed by atoms with van der Waals surface area (Å²) in [5.41, 5.74) is 9.64. The molecular weight excluding hydrogens is 470 g/mol. The maximum Gasteiger partial charge on any atom is 0.317 e. The number of carbonyl (C=O) groups excluding carboxylic acids is 3. The third kappa shape index (κ3) is 6.47. The van der Waals surface area contributed by atoms with E-state index in [0.29, 0.717) is 38.2 Å². The van der Waals surface area contributed by atoms with Gasteiger partial charge in [-0.3, -0.25) is 15.0 Å². The zero-order chi connectivity index (χ0) is 26.4. The van der Waals surface area contributed by atoms with Gasteiger partial charge in [0.05, 0.1) is 19.4 Å². The van der Waals surface area contributed by atoms with Crippen molar-refractivity contribution >= 4 is 23.7 Å². The second-order valence-corrected chi connectivity index (χ2v) is 9.74. The highest BCUT2D eigenvalue weighted by Crippen LogP contribution is 2.28. The van der Waals surface area contributed by atoms with Crippen molar-refractivity contribution in [2.45, 2.75) is 44.7 Å². The number of esters is 1. The fourth-order valence-corrected chi connectivity index (χ4v) is 5.23. The number of aryl methyl sites for hydroxylation is 1. The Balaban J connectivity index is 1.37. The molecule has 1 saturated heterocycles. The first-order valence-electron chi connectivity index (χ1n) is 12.8. The number of hydrogen-bond acceptors (Lipinski definition) is 5. The molecule has 9 heteroatoms. The lowest BCUT2D eigenvalue weighted by molar-refractivity contribution is -0.144. The van der Waals surface area contributed by atoms with Crippen LogP contribution in [-0.2, 0) is 33.7 Å². The Morgan fingerprint density at radius 3 is 2.68 bits per heavy atom. The average Bonchev–Trinajstić information content (AvgIpc) is 3.20. The smallest absolute Gasteiger partial charge is 0.317 e. The number of nitrogen functional groups attached to an aromatic ring is 1. The Bertz CT molecular complexity index is 1150. The van der Waals surface area contributed by atoms with Gasteiger partial charge in [0.1, 0.15) is 5.84 Å². The number of amidine groups is 1. The van der Waals surface area contributed by atoms with Crippen LogP contribution in [0.15, 0.2) is 48.5 Å². The lowest BCUT2D eigenvalue weighted by Crippen LogP contribution is -2.48. The van der Waals surface area contributed by atoms with Crippen LogP contribution in [0.2, 0.25) is 0 Å².